The highest BCUT2D eigenvalue weighted by atomic mass is 16.5. The number of nitrogen functional groups attached to an aromatic ring is 3. The standard InChI is InChI=1S/C16H15N5O3/c1-23-13-6-8(17)2-4-10(13)15(22)24-9-3-5-12-11(7-9)14(18)21-16(19)20-12/h2-7H,17H2,1H3,(H4,18,19,20,21). The van der Waals surface area contributed by atoms with Gasteiger partial charge in [-0.25, -0.2) is 9.78 Å². The Labute approximate surface area is 137 Å². The number of rotatable bonds is 3. The highest BCUT2D eigenvalue weighted by Gasteiger charge is 2.15. The molecule has 8 heteroatoms. The molecule has 0 radical (unpaired) electrons. The predicted molar refractivity (Wildman–Crippen MR) is 90.7 cm³/mol. The Morgan fingerprint density at radius 3 is 2.58 bits per heavy atom. The maximum Gasteiger partial charge on any atom is 0.347 e. The first-order chi connectivity index (χ1) is 11.5. The van der Waals surface area contributed by atoms with Crippen LogP contribution in [0.15, 0.2) is 36.4 Å². The van der Waals surface area contributed by atoms with Gasteiger partial charge >= 0.3 is 5.97 Å². The Balaban J connectivity index is 1.94. The number of methoxy groups -OCH3 is 1. The Hall–Kier alpha value is -3.55. The fourth-order valence-corrected chi connectivity index (χ4v) is 2.25. The number of benzene rings is 2. The summed E-state index contributed by atoms with van der Waals surface area (Å²) in [5, 5.41) is 0.541. The van der Waals surface area contributed by atoms with Crippen LogP contribution in [-0.2, 0) is 0 Å². The lowest BCUT2D eigenvalue weighted by Crippen LogP contribution is -2.10. The van der Waals surface area contributed by atoms with Crippen molar-refractivity contribution in [2.45, 2.75) is 0 Å². The zero-order valence-electron chi connectivity index (χ0n) is 12.8. The van der Waals surface area contributed by atoms with Crippen LogP contribution in [0.2, 0.25) is 0 Å². The van der Waals surface area contributed by atoms with Gasteiger partial charge in [-0.1, -0.05) is 0 Å². The molecule has 0 bridgehead atoms. The van der Waals surface area contributed by atoms with E-state index in [1.54, 1.807) is 30.3 Å². The molecule has 0 aliphatic carbocycles. The molecule has 0 unspecified atom stereocenters. The van der Waals surface area contributed by atoms with Crippen LogP contribution in [-0.4, -0.2) is 23.0 Å². The van der Waals surface area contributed by atoms with Gasteiger partial charge in [0.05, 0.1) is 12.6 Å². The van der Waals surface area contributed by atoms with Gasteiger partial charge in [-0.3, -0.25) is 0 Å². The molecule has 0 saturated carbocycles. The topological polar surface area (TPSA) is 139 Å². The molecule has 0 amide bonds. The Morgan fingerprint density at radius 1 is 1.04 bits per heavy atom. The minimum atomic E-state index is -0.582. The van der Waals surface area contributed by atoms with E-state index in [0.717, 1.165) is 0 Å². The summed E-state index contributed by atoms with van der Waals surface area (Å²) in [5.74, 6) is 0.334. The maximum atomic E-state index is 12.4. The number of nitrogens with two attached hydrogens (primary N) is 3. The minimum absolute atomic E-state index is 0.0800. The number of fused-ring (bicyclic) bond motifs is 1. The largest absolute Gasteiger partial charge is 0.496 e. The Kier molecular flexibility index (Phi) is 3.78. The van der Waals surface area contributed by atoms with E-state index >= 15 is 0 Å². The predicted octanol–water partition coefficient (Wildman–Crippen LogP) is 1.60. The molecule has 1 heterocycles. The molecule has 8 nitrogen and oxygen atoms in total. The lowest BCUT2D eigenvalue weighted by molar-refractivity contribution is 0.0731. The zero-order chi connectivity index (χ0) is 17.3. The van der Waals surface area contributed by atoms with E-state index < -0.39 is 5.97 Å². The van der Waals surface area contributed by atoms with Gasteiger partial charge in [0.1, 0.15) is 22.9 Å². The zero-order valence-corrected chi connectivity index (χ0v) is 12.8. The molecular formula is C16H15N5O3. The van der Waals surface area contributed by atoms with E-state index in [0.29, 0.717) is 28.1 Å². The van der Waals surface area contributed by atoms with Crippen molar-refractivity contribution in [3.05, 3.63) is 42.0 Å². The van der Waals surface area contributed by atoms with Crippen molar-refractivity contribution >= 4 is 34.3 Å². The number of carbonyl (C=O) groups excluding carboxylic acids is 1. The second-order valence-electron chi connectivity index (χ2n) is 5.00. The second kappa shape index (κ2) is 5.92. The number of hydrogen-bond donors (Lipinski definition) is 3. The number of aromatic nitrogens is 2. The summed E-state index contributed by atoms with van der Waals surface area (Å²) < 4.78 is 10.5. The van der Waals surface area contributed by atoms with E-state index in [9.17, 15) is 4.79 Å². The monoisotopic (exact) mass is 325 g/mol. The average molecular weight is 325 g/mol. The first-order valence-corrected chi connectivity index (χ1v) is 6.96. The van der Waals surface area contributed by atoms with Crippen molar-refractivity contribution in [3.8, 4) is 11.5 Å². The van der Waals surface area contributed by atoms with Crippen molar-refractivity contribution in [2.75, 3.05) is 24.3 Å². The number of carbonyl (C=O) groups is 1. The number of nitrogens with zero attached hydrogens (tertiary/aromatic N) is 2. The Bertz CT molecular complexity index is 942. The SMILES string of the molecule is COc1cc(N)ccc1C(=O)Oc1ccc2nc(N)nc(N)c2c1. The first kappa shape index (κ1) is 15.3. The van der Waals surface area contributed by atoms with Crippen LogP contribution in [0.3, 0.4) is 0 Å². The summed E-state index contributed by atoms with van der Waals surface area (Å²) in [7, 11) is 1.45. The van der Waals surface area contributed by atoms with Crippen molar-refractivity contribution < 1.29 is 14.3 Å². The van der Waals surface area contributed by atoms with Crippen LogP contribution in [0.4, 0.5) is 17.5 Å². The van der Waals surface area contributed by atoms with Gasteiger partial charge < -0.3 is 26.7 Å². The fraction of sp³-hybridized carbons (Fsp3) is 0.0625. The lowest BCUT2D eigenvalue weighted by Gasteiger charge is -2.10. The lowest BCUT2D eigenvalue weighted by atomic mass is 10.2. The van der Waals surface area contributed by atoms with Crippen molar-refractivity contribution in [1.82, 2.24) is 9.97 Å². The molecule has 0 fully saturated rings. The normalized spacial score (nSPS) is 10.5. The molecule has 0 aliphatic rings. The smallest absolute Gasteiger partial charge is 0.347 e. The summed E-state index contributed by atoms with van der Waals surface area (Å²) in [6.45, 7) is 0. The summed E-state index contributed by atoms with van der Waals surface area (Å²) in [6.07, 6.45) is 0. The third-order valence-electron chi connectivity index (χ3n) is 3.37. The van der Waals surface area contributed by atoms with E-state index in [4.69, 9.17) is 26.7 Å². The molecule has 6 N–H and O–H groups in total. The van der Waals surface area contributed by atoms with Gasteiger partial charge in [-0.2, -0.15) is 4.98 Å². The first-order valence-electron chi connectivity index (χ1n) is 6.96. The molecule has 1 aromatic heterocycles. The Morgan fingerprint density at radius 2 is 1.83 bits per heavy atom. The second-order valence-corrected chi connectivity index (χ2v) is 5.00. The molecule has 0 aliphatic heterocycles. The molecule has 2 aromatic carbocycles. The minimum Gasteiger partial charge on any atom is -0.496 e. The van der Waals surface area contributed by atoms with Gasteiger partial charge in [0, 0.05) is 17.1 Å². The molecule has 0 atom stereocenters. The number of ether oxygens (including phenoxy) is 2. The molecule has 24 heavy (non-hydrogen) atoms. The molecule has 3 aromatic rings. The number of anilines is 3. The van der Waals surface area contributed by atoms with Gasteiger partial charge in [0.25, 0.3) is 0 Å². The highest BCUT2D eigenvalue weighted by Crippen LogP contribution is 2.27. The summed E-state index contributed by atoms with van der Waals surface area (Å²) in [4.78, 5) is 20.3. The third kappa shape index (κ3) is 2.84. The molecule has 0 saturated heterocycles. The maximum absolute atomic E-state index is 12.4. The van der Waals surface area contributed by atoms with Crippen LogP contribution < -0.4 is 26.7 Å². The molecule has 0 spiro atoms. The molecule has 122 valence electrons. The van der Waals surface area contributed by atoms with E-state index in [1.165, 1.54) is 13.2 Å². The van der Waals surface area contributed by atoms with Gasteiger partial charge in [-0.05, 0) is 30.3 Å². The fourth-order valence-electron chi connectivity index (χ4n) is 2.25. The van der Waals surface area contributed by atoms with E-state index in [-0.39, 0.29) is 17.3 Å². The summed E-state index contributed by atoms with van der Waals surface area (Å²) in [6, 6.07) is 9.49. The summed E-state index contributed by atoms with van der Waals surface area (Å²) in [5.41, 5.74) is 18.4. The number of hydrogen-bond acceptors (Lipinski definition) is 8. The van der Waals surface area contributed by atoms with Crippen molar-refractivity contribution in [3.63, 3.8) is 0 Å². The van der Waals surface area contributed by atoms with Crippen LogP contribution in [0.25, 0.3) is 10.9 Å². The van der Waals surface area contributed by atoms with Gasteiger partial charge in [0.2, 0.25) is 5.95 Å². The molecule has 3 rings (SSSR count). The van der Waals surface area contributed by atoms with Crippen molar-refractivity contribution in [1.29, 1.82) is 0 Å². The van der Waals surface area contributed by atoms with E-state index in [2.05, 4.69) is 9.97 Å². The van der Waals surface area contributed by atoms with Crippen LogP contribution in [0, 0.1) is 0 Å². The molecular weight excluding hydrogens is 310 g/mol. The highest BCUT2D eigenvalue weighted by molar-refractivity contribution is 5.96. The van der Waals surface area contributed by atoms with Crippen LogP contribution in [0.5, 0.6) is 11.5 Å². The van der Waals surface area contributed by atoms with E-state index in [1.807, 2.05) is 0 Å². The van der Waals surface area contributed by atoms with Crippen molar-refractivity contribution in [2.24, 2.45) is 0 Å². The van der Waals surface area contributed by atoms with Gasteiger partial charge in [-0.15, -0.1) is 0 Å². The van der Waals surface area contributed by atoms with Crippen LogP contribution in [0.1, 0.15) is 10.4 Å². The summed E-state index contributed by atoms with van der Waals surface area (Å²) >= 11 is 0. The average Bonchev–Trinajstić information content (AvgIpc) is 2.55. The third-order valence-corrected chi connectivity index (χ3v) is 3.37. The van der Waals surface area contributed by atoms with Gasteiger partial charge in [0.15, 0.2) is 0 Å². The van der Waals surface area contributed by atoms with Crippen LogP contribution >= 0.6 is 0 Å². The quantitative estimate of drug-likeness (QED) is 0.375. The number of esters is 1.